The minimum Gasteiger partial charge on any atom is -0.465 e. The first-order chi connectivity index (χ1) is 13.1. The van der Waals surface area contributed by atoms with Crippen LogP contribution < -0.4 is 5.32 Å². The Balaban J connectivity index is 1.87. The number of amides is 1. The number of thiophene rings is 1. The molecule has 7 heteroatoms. The van der Waals surface area contributed by atoms with Crippen molar-refractivity contribution in [3.05, 3.63) is 45.8 Å². The van der Waals surface area contributed by atoms with Gasteiger partial charge in [0.05, 0.1) is 12.7 Å². The fourth-order valence-corrected chi connectivity index (χ4v) is 4.97. The Morgan fingerprint density at radius 1 is 1.30 bits per heavy atom. The molecule has 2 heterocycles. The third kappa shape index (κ3) is 4.36. The average Bonchev–Trinajstić information content (AvgIpc) is 3.04. The lowest BCUT2D eigenvalue weighted by Crippen LogP contribution is -2.30. The highest BCUT2D eigenvalue weighted by Crippen LogP contribution is 2.38. The fraction of sp³-hybridized carbons (Fsp3) is 0.400. The van der Waals surface area contributed by atoms with Gasteiger partial charge in [-0.25, -0.2) is 4.79 Å². The van der Waals surface area contributed by atoms with Gasteiger partial charge < -0.3 is 10.1 Å². The van der Waals surface area contributed by atoms with Gasteiger partial charge in [0, 0.05) is 28.4 Å². The molecule has 0 atom stereocenters. The Kier molecular flexibility index (Phi) is 6.57. The molecule has 0 fully saturated rings. The van der Waals surface area contributed by atoms with Crippen LogP contribution in [0.2, 0.25) is 0 Å². The zero-order valence-corrected chi connectivity index (χ0v) is 17.5. The molecule has 0 saturated carbocycles. The first-order valence-corrected chi connectivity index (χ1v) is 11.0. The van der Waals surface area contributed by atoms with Crippen molar-refractivity contribution < 1.29 is 14.3 Å². The summed E-state index contributed by atoms with van der Waals surface area (Å²) in [4.78, 5) is 29.7. The van der Waals surface area contributed by atoms with Crippen LogP contribution in [0.15, 0.2) is 29.2 Å². The number of benzene rings is 1. The quantitative estimate of drug-likeness (QED) is 0.575. The Bertz CT molecular complexity index is 830. The summed E-state index contributed by atoms with van der Waals surface area (Å²) in [6.45, 7) is 4.94. The first kappa shape index (κ1) is 19.9. The number of rotatable bonds is 6. The maximum Gasteiger partial charge on any atom is 0.341 e. The van der Waals surface area contributed by atoms with E-state index in [1.54, 1.807) is 23.9 Å². The maximum absolute atomic E-state index is 12.7. The number of esters is 1. The third-order valence-corrected chi connectivity index (χ3v) is 6.52. The lowest BCUT2D eigenvalue weighted by Gasteiger charge is -2.26. The zero-order chi connectivity index (χ0) is 19.4. The number of nitrogens with zero attached hydrogens (tertiary/aromatic N) is 1. The second-order valence-electron chi connectivity index (χ2n) is 6.41. The molecule has 0 unspecified atom stereocenters. The van der Waals surface area contributed by atoms with Crippen molar-refractivity contribution in [1.29, 1.82) is 0 Å². The molecule has 1 N–H and O–H groups in total. The van der Waals surface area contributed by atoms with E-state index >= 15 is 0 Å². The Hall–Kier alpha value is -1.83. The number of hydrogen-bond acceptors (Lipinski definition) is 6. The molecule has 5 nitrogen and oxygen atoms in total. The van der Waals surface area contributed by atoms with E-state index in [1.165, 1.54) is 18.4 Å². The van der Waals surface area contributed by atoms with Crippen LogP contribution in [0.5, 0.6) is 0 Å². The maximum atomic E-state index is 12.7. The van der Waals surface area contributed by atoms with Gasteiger partial charge in [-0.15, -0.1) is 23.1 Å². The lowest BCUT2D eigenvalue weighted by atomic mass is 10.0. The summed E-state index contributed by atoms with van der Waals surface area (Å²) in [6, 6.07) is 7.44. The van der Waals surface area contributed by atoms with E-state index in [0.29, 0.717) is 16.1 Å². The van der Waals surface area contributed by atoms with E-state index in [1.807, 2.05) is 18.4 Å². The molecule has 1 aromatic heterocycles. The van der Waals surface area contributed by atoms with E-state index in [4.69, 9.17) is 4.74 Å². The molecule has 0 spiro atoms. The number of carbonyl (C=O) groups is 2. The van der Waals surface area contributed by atoms with Crippen molar-refractivity contribution in [3.8, 4) is 0 Å². The zero-order valence-electron chi connectivity index (χ0n) is 15.8. The molecular formula is C20H24N2O3S2. The van der Waals surface area contributed by atoms with Crippen molar-refractivity contribution >= 4 is 40.0 Å². The molecule has 1 aliphatic heterocycles. The molecule has 1 aromatic carbocycles. The van der Waals surface area contributed by atoms with Gasteiger partial charge in [0.15, 0.2) is 0 Å². The normalized spacial score (nSPS) is 13.9. The van der Waals surface area contributed by atoms with Gasteiger partial charge in [-0.2, -0.15) is 0 Å². The van der Waals surface area contributed by atoms with E-state index in [9.17, 15) is 9.59 Å². The standard InChI is InChI=1S/C20H24N2O3S2/c1-4-10-22-11-9-15-16(12-22)27-19(17(15)20(24)25-2)21-18(23)13-5-7-14(26-3)8-6-13/h5-8H,4,9-12H2,1-3H3,(H,21,23). The molecule has 0 bridgehead atoms. The van der Waals surface area contributed by atoms with Crippen LogP contribution >= 0.6 is 23.1 Å². The van der Waals surface area contributed by atoms with Gasteiger partial charge >= 0.3 is 5.97 Å². The smallest absolute Gasteiger partial charge is 0.341 e. The molecule has 144 valence electrons. The van der Waals surface area contributed by atoms with E-state index in [2.05, 4.69) is 17.1 Å². The topological polar surface area (TPSA) is 58.6 Å². The SMILES string of the molecule is CCCN1CCc2c(sc(NC(=O)c3ccc(SC)cc3)c2C(=O)OC)C1. The molecule has 3 rings (SSSR count). The van der Waals surface area contributed by atoms with Crippen LogP contribution in [0.4, 0.5) is 5.00 Å². The highest BCUT2D eigenvalue weighted by Gasteiger charge is 2.29. The van der Waals surface area contributed by atoms with Crippen molar-refractivity contribution in [2.75, 3.05) is 31.8 Å². The summed E-state index contributed by atoms with van der Waals surface area (Å²) < 4.78 is 4.99. The Labute approximate surface area is 168 Å². The Morgan fingerprint density at radius 3 is 2.67 bits per heavy atom. The lowest BCUT2D eigenvalue weighted by molar-refractivity contribution is 0.0600. The molecule has 0 aliphatic carbocycles. The summed E-state index contributed by atoms with van der Waals surface area (Å²) in [5.41, 5.74) is 2.11. The number of thioether (sulfide) groups is 1. The van der Waals surface area contributed by atoms with E-state index in [-0.39, 0.29) is 11.9 Å². The average molecular weight is 405 g/mol. The summed E-state index contributed by atoms with van der Waals surface area (Å²) in [5, 5.41) is 3.52. The molecule has 1 amide bonds. The molecule has 1 aliphatic rings. The first-order valence-electron chi connectivity index (χ1n) is 8.98. The molecule has 0 radical (unpaired) electrons. The van der Waals surface area contributed by atoms with Crippen molar-refractivity contribution in [2.45, 2.75) is 31.2 Å². The van der Waals surface area contributed by atoms with Crippen LogP contribution in [-0.2, 0) is 17.7 Å². The second kappa shape index (κ2) is 8.91. The van der Waals surface area contributed by atoms with E-state index in [0.717, 1.165) is 47.8 Å². The summed E-state index contributed by atoms with van der Waals surface area (Å²) >= 11 is 3.12. The van der Waals surface area contributed by atoms with Crippen LogP contribution in [0.25, 0.3) is 0 Å². The van der Waals surface area contributed by atoms with Crippen molar-refractivity contribution in [3.63, 3.8) is 0 Å². The number of anilines is 1. The number of hydrogen-bond donors (Lipinski definition) is 1. The fourth-order valence-electron chi connectivity index (χ4n) is 3.29. The second-order valence-corrected chi connectivity index (χ2v) is 8.39. The highest BCUT2D eigenvalue weighted by molar-refractivity contribution is 7.98. The Morgan fingerprint density at radius 2 is 2.04 bits per heavy atom. The predicted octanol–water partition coefficient (Wildman–Crippen LogP) is 4.28. The minimum atomic E-state index is -0.385. The van der Waals surface area contributed by atoms with Gasteiger partial charge in [-0.1, -0.05) is 6.92 Å². The summed E-state index contributed by atoms with van der Waals surface area (Å²) in [5.74, 6) is -0.596. The van der Waals surface area contributed by atoms with Crippen LogP contribution in [0.1, 0.15) is 44.5 Å². The van der Waals surface area contributed by atoms with Gasteiger partial charge in [-0.3, -0.25) is 9.69 Å². The van der Waals surface area contributed by atoms with Gasteiger partial charge in [0.25, 0.3) is 5.91 Å². The molecule has 27 heavy (non-hydrogen) atoms. The largest absolute Gasteiger partial charge is 0.465 e. The van der Waals surface area contributed by atoms with Crippen LogP contribution in [0.3, 0.4) is 0 Å². The van der Waals surface area contributed by atoms with Gasteiger partial charge in [0.2, 0.25) is 0 Å². The minimum absolute atomic E-state index is 0.211. The molecule has 0 saturated heterocycles. The number of fused-ring (bicyclic) bond motifs is 1. The van der Waals surface area contributed by atoms with Crippen LogP contribution in [-0.4, -0.2) is 43.2 Å². The molecular weight excluding hydrogens is 380 g/mol. The number of methoxy groups -OCH3 is 1. The monoisotopic (exact) mass is 404 g/mol. The van der Waals surface area contributed by atoms with E-state index < -0.39 is 0 Å². The van der Waals surface area contributed by atoms with Crippen molar-refractivity contribution in [1.82, 2.24) is 4.90 Å². The summed E-state index contributed by atoms with van der Waals surface area (Å²) in [7, 11) is 1.38. The third-order valence-electron chi connectivity index (χ3n) is 4.64. The number of nitrogens with one attached hydrogen (secondary N) is 1. The van der Waals surface area contributed by atoms with Gasteiger partial charge in [-0.05, 0) is 55.5 Å². The van der Waals surface area contributed by atoms with Crippen LogP contribution in [0, 0.1) is 0 Å². The number of ether oxygens (including phenoxy) is 1. The molecule has 2 aromatic rings. The number of carbonyl (C=O) groups excluding carboxylic acids is 2. The van der Waals surface area contributed by atoms with Crippen molar-refractivity contribution in [2.24, 2.45) is 0 Å². The van der Waals surface area contributed by atoms with Gasteiger partial charge in [0.1, 0.15) is 5.00 Å². The predicted molar refractivity (Wildman–Crippen MR) is 111 cm³/mol. The highest BCUT2D eigenvalue weighted by atomic mass is 32.2. The summed E-state index contributed by atoms with van der Waals surface area (Å²) in [6.07, 6.45) is 3.89.